The number of nitrogens with one attached hydrogen (secondary N) is 1. The van der Waals surface area contributed by atoms with E-state index in [0.29, 0.717) is 0 Å². The van der Waals surface area contributed by atoms with Crippen LogP contribution in [-0.2, 0) is 6.42 Å². The first kappa shape index (κ1) is 19.2. The number of benzene rings is 1. The molecule has 0 aliphatic heterocycles. The number of aryl methyl sites for hydroxylation is 1. The van der Waals surface area contributed by atoms with Gasteiger partial charge in [0, 0.05) is 27.2 Å². The Morgan fingerprint density at radius 1 is 1.20 bits per heavy atom. The molecule has 0 aliphatic carbocycles. The molecule has 20 heavy (non-hydrogen) atoms. The van der Waals surface area contributed by atoms with Gasteiger partial charge in [0.25, 0.3) is 0 Å². The Morgan fingerprint density at radius 3 is 2.50 bits per heavy atom. The third kappa shape index (κ3) is 7.72. The van der Waals surface area contributed by atoms with E-state index in [1.807, 2.05) is 7.05 Å². The van der Waals surface area contributed by atoms with Crippen LogP contribution in [-0.4, -0.2) is 38.0 Å². The Balaban J connectivity index is 0.00000361. The fourth-order valence-corrected chi connectivity index (χ4v) is 2.02. The Labute approximate surface area is 140 Å². The lowest BCUT2D eigenvalue weighted by Gasteiger charge is -2.21. The average molecular weight is 389 g/mol. The van der Waals surface area contributed by atoms with E-state index < -0.39 is 0 Å². The van der Waals surface area contributed by atoms with Crippen LogP contribution in [0.2, 0.25) is 0 Å². The van der Waals surface area contributed by atoms with E-state index in [9.17, 15) is 0 Å². The van der Waals surface area contributed by atoms with Crippen LogP contribution >= 0.6 is 24.0 Å². The fraction of sp³-hybridized carbons (Fsp3) is 0.562. The summed E-state index contributed by atoms with van der Waals surface area (Å²) in [5, 5.41) is 3.42. The molecule has 1 aromatic carbocycles. The van der Waals surface area contributed by atoms with Gasteiger partial charge in [-0.2, -0.15) is 0 Å². The quantitative estimate of drug-likeness (QED) is 0.334. The van der Waals surface area contributed by atoms with Gasteiger partial charge in [0.05, 0.1) is 0 Å². The molecule has 0 saturated heterocycles. The summed E-state index contributed by atoms with van der Waals surface area (Å²) in [6.45, 7) is 4.25. The first-order chi connectivity index (χ1) is 9.27. The maximum Gasteiger partial charge on any atom is 0.193 e. The second-order valence-electron chi connectivity index (χ2n) is 4.84. The molecule has 0 atom stereocenters. The van der Waals surface area contributed by atoms with Gasteiger partial charge >= 0.3 is 0 Å². The standard InChI is InChI=1S/C16H27N3.HI/c1-4-5-14-19(3)16(17-2)18-13-9-12-15-10-7-6-8-11-15;/h6-8,10-11H,4-5,9,12-14H2,1-3H3,(H,17,18);1H. The van der Waals surface area contributed by atoms with Gasteiger partial charge in [-0.1, -0.05) is 43.7 Å². The minimum atomic E-state index is 0. The maximum atomic E-state index is 4.32. The number of rotatable bonds is 7. The average Bonchev–Trinajstić information content (AvgIpc) is 2.46. The Hall–Kier alpha value is -0.780. The monoisotopic (exact) mass is 389 g/mol. The fourth-order valence-electron chi connectivity index (χ4n) is 2.02. The van der Waals surface area contributed by atoms with Crippen molar-refractivity contribution in [2.75, 3.05) is 27.2 Å². The zero-order valence-corrected chi connectivity index (χ0v) is 15.3. The number of unbranched alkanes of at least 4 members (excludes halogenated alkanes) is 1. The molecule has 1 rings (SSSR count). The first-order valence-corrected chi connectivity index (χ1v) is 7.23. The van der Waals surface area contributed by atoms with Crippen LogP contribution in [0, 0.1) is 0 Å². The Kier molecular flexibility index (Phi) is 11.5. The molecule has 4 heteroatoms. The van der Waals surface area contributed by atoms with Gasteiger partial charge in [-0.05, 0) is 24.8 Å². The predicted octanol–water partition coefficient (Wildman–Crippen LogP) is 3.54. The topological polar surface area (TPSA) is 27.6 Å². The van der Waals surface area contributed by atoms with Crippen molar-refractivity contribution >= 4 is 29.9 Å². The molecule has 0 fully saturated rings. The summed E-state index contributed by atoms with van der Waals surface area (Å²) in [6, 6.07) is 10.6. The van der Waals surface area contributed by atoms with E-state index >= 15 is 0 Å². The van der Waals surface area contributed by atoms with Crippen molar-refractivity contribution in [3.8, 4) is 0 Å². The lowest BCUT2D eigenvalue weighted by Crippen LogP contribution is -2.39. The third-order valence-electron chi connectivity index (χ3n) is 3.19. The van der Waals surface area contributed by atoms with Crippen molar-refractivity contribution < 1.29 is 0 Å². The van der Waals surface area contributed by atoms with Crippen LogP contribution in [0.15, 0.2) is 35.3 Å². The van der Waals surface area contributed by atoms with Crippen molar-refractivity contribution in [2.45, 2.75) is 32.6 Å². The highest BCUT2D eigenvalue weighted by Crippen LogP contribution is 2.01. The molecule has 0 unspecified atom stereocenters. The van der Waals surface area contributed by atoms with Crippen LogP contribution in [0.25, 0.3) is 0 Å². The zero-order chi connectivity index (χ0) is 13.9. The van der Waals surface area contributed by atoms with Gasteiger partial charge in [-0.15, -0.1) is 24.0 Å². The highest BCUT2D eigenvalue weighted by Gasteiger charge is 2.03. The number of hydrogen-bond donors (Lipinski definition) is 1. The second kappa shape index (κ2) is 12.0. The van der Waals surface area contributed by atoms with Crippen molar-refractivity contribution in [1.29, 1.82) is 0 Å². The van der Waals surface area contributed by atoms with E-state index in [-0.39, 0.29) is 24.0 Å². The van der Waals surface area contributed by atoms with Gasteiger partial charge in [-0.3, -0.25) is 4.99 Å². The van der Waals surface area contributed by atoms with E-state index in [2.05, 4.69) is 59.5 Å². The van der Waals surface area contributed by atoms with Gasteiger partial charge in [0.15, 0.2) is 5.96 Å². The second-order valence-corrected chi connectivity index (χ2v) is 4.84. The van der Waals surface area contributed by atoms with Crippen LogP contribution in [0.3, 0.4) is 0 Å². The lowest BCUT2D eigenvalue weighted by molar-refractivity contribution is 0.464. The molecule has 0 bridgehead atoms. The first-order valence-electron chi connectivity index (χ1n) is 7.23. The molecule has 3 nitrogen and oxygen atoms in total. The van der Waals surface area contributed by atoms with E-state index in [1.165, 1.54) is 18.4 Å². The SMILES string of the molecule is CCCCN(C)C(=NC)NCCCc1ccccc1.I. The Morgan fingerprint density at radius 2 is 1.90 bits per heavy atom. The van der Waals surface area contributed by atoms with Crippen molar-refractivity contribution in [3.05, 3.63) is 35.9 Å². The lowest BCUT2D eigenvalue weighted by atomic mass is 10.1. The minimum Gasteiger partial charge on any atom is -0.356 e. The molecule has 0 aliphatic rings. The summed E-state index contributed by atoms with van der Waals surface area (Å²) in [5.74, 6) is 1.00. The summed E-state index contributed by atoms with van der Waals surface area (Å²) in [6.07, 6.45) is 4.67. The molecule has 0 amide bonds. The Bertz CT molecular complexity index is 365. The van der Waals surface area contributed by atoms with E-state index in [1.54, 1.807) is 0 Å². The third-order valence-corrected chi connectivity index (χ3v) is 3.19. The maximum absolute atomic E-state index is 4.32. The van der Waals surface area contributed by atoms with Gasteiger partial charge in [0.1, 0.15) is 0 Å². The predicted molar refractivity (Wildman–Crippen MR) is 99.1 cm³/mol. The highest BCUT2D eigenvalue weighted by atomic mass is 127. The van der Waals surface area contributed by atoms with Gasteiger partial charge < -0.3 is 10.2 Å². The molecular weight excluding hydrogens is 361 g/mol. The van der Waals surface area contributed by atoms with E-state index in [4.69, 9.17) is 0 Å². The molecule has 0 saturated carbocycles. The van der Waals surface area contributed by atoms with Crippen LogP contribution in [0.5, 0.6) is 0 Å². The largest absolute Gasteiger partial charge is 0.356 e. The van der Waals surface area contributed by atoms with Crippen LogP contribution in [0.1, 0.15) is 31.7 Å². The van der Waals surface area contributed by atoms with Crippen LogP contribution < -0.4 is 5.32 Å². The summed E-state index contributed by atoms with van der Waals surface area (Å²) in [5.41, 5.74) is 1.40. The number of hydrogen-bond acceptors (Lipinski definition) is 1. The summed E-state index contributed by atoms with van der Waals surface area (Å²) in [4.78, 5) is 6.52. The number of nitrogens with zero attached hydrogens (tertiary/aromatic N) is 2. The van der Waals surface area contributed by atoms with Crippen molar-refractivity contribution in [1.82, 2.24) is 10.2 Å². The summed E-state index contributed by atoms with van der Waals surface area (Å²) < 4.78 is 0. The molecule has 1 aromatic rings. The van der Waals surface area contributed by atoms with Gasteiger partial charge in [0.2, 0.25) is 0 Å². The van der Waals surface area contributed by atoms with Crippen molar-refractivity contribution in [3.63, 3.8) is 0 Å². The smallest absolute Gasteiger partial charge is 0.193 e. The molecular formula is C16H28IN3. The molecule has 0 aromatic heterocycles. The highest BCUT2D eigenvalue weighted by molar-refractivity contribution is 14.0. The van der Waals surface area contributed by atoms with Crippen LogP contribution in [0.4, 0.5) is 0 Å². The number of halogens is 1. The molecule has 0 radical (unpaired) electrons. The molecule has 0 heterocycles. The minimum absolute atomic E-state index is 0. The number of guanidine groups is 1. The normalized spacial score (nSPS) is 10.8. The summed E-state index contributed by atoms with van der Waals surface area (Å²) in [7, 11) is 3.95. The van der Waals surface area contributed by atoms with E-state index in [0.717, 1.165) is 31.9 Å². The van der Waals surface area contributed by atoms with Gasteiger partial charge in [-0.25, -0.2) is 0 Å². The van der Waals surface area contributed by atoms with Crippen molar-refractivity contribution in [2.24, 2.45) is 4.99 Å². The molecule has 114 valence electrons. The zero-order valence-electron chi connectivity index (χ0n) is 12.9. The molecule has 1 N–H and O–H groups in total. The number of aliphatic imine (C=N–C) groups is 1. The summed E-state index contributed by atoms with van der Waals surface area (Å²) >= 11 is 0. The molecule has 0 spiro atoms.